The summed E-state index contributed by atoms with van der Waals surface area (Å²) >= 11 is 0. The van der Waals surface area contributed by atoms with Crippen LogP contribution in [0.4, 0.5) is 5.69 Å². The number of ether oxygens (including phenoxy) is 2. The molecule has 0 aliphatic carbocycles. The SMILES string of the molecule is O=C1C[C@H](c2cccc(N3CCOCC3)c2)CO1. The average molecular weight is 247 g/mol. The standard InChI is InChI=1S/C14H17NO3/c16-14-9-12(10-18-14)11-2-1-3-13(8-11)15-4-6-17-7-5-15/h1-3,8,12H,4-7,9-10H2/t12-/m0/s1. The van der Waals surface area contributed by atoms with Crippen molar-refractivity contribution in [1.82, 2.24) is 0 Å². The van der Waals surface area contributed by atoms with Crippen LogP contribution in [0.3, 0.4) is 0 Å². The molecule has 0 aromatic heterocycles. The Morgan fingerprint density at radius 1 is 1.22 bits per heavy atom. The second-order valence-electron chi connectivity index (χ2n) is 4.78. The molecular formula is C14H17NO3. The first-order valence-corrected chi connectivity index (χ1v) is 6.41. The van der Waals surface area contributed by atoms with E-state index < -0.39 is 0 Å². The Morgan fingerprint density at radius 2 is 2.06 bits per heavy atom. The number of hydrogen-bond acceptors (Lipinski definition) is 4. The summed E-state index contributed by atoms with van der Waals surface area (Å²) in [6.07, 6.45) is 0.507. The third kappa shape index (κ3) is 2.34. The van der Waals surface area contributed by atoms with Gasteiger partial charge in [-0.1, -0.05) is 12.1 Å². The average Bonchev–Trinajstić information content (AvgIpc) is 2.87. The predicted octanol–water partition coefficient (Wildman–Crippen LogP) is 1.55. The highest BCUT2D eigenvalue weighted by molar-refractivity contribution is 5.73. The van der Waals surface area contributed by atoms with Crippen LogP contribution in [0.5, 0.6) is 0 Å². The van der Waals surface area contributed by atoms with Gasteiger partial charge in [-0.15, -0.1) is 0 Å². The smallest absolute Gasteiger partial charge is 0.306 e. The van der Waals surface area contributed by atoms with E-state index in [9.17, 15) is 4.79 Å². The lowest BCUT2D eigenvalue weighted by molar-refractivity contribution is -0.137. The van der Waals surface area contributed by atoms with Crippen LogP contribution in [0, 0.1) is 0 Å². The highest BCUT2D eigenvalue weighted by atomic mass is 16.5. The molecule has 2 heterocycles. The summed E-state index contributed by atoms with van der Waals surface area (Å²) < 4.78 is 10.4. The minimum absolute atomic E-state index is 0.0863. The molecule has 4 heteroatoms. The first-order valence-electron chi connectivity index (χ1n) is 6.41. The van der Waals surface area contributed by atoms with Crippen LogP contribution < -0.4 is 4.90 Å². The number of morpholine rings is 1. The van der Waals surface area contributed by atoms with Gasteiger partial charge in [0.1, 0.15) is 0 Å². The van der Waals surface area contributed by atoms with Gasteiger partial charge in [-0.2, -0.15) is 0 Å². The van der Waals surface area contributed by atoms with E-state index >= 15 is 0 Å². The van der Waals surface area contributed by atoms with Crippen LogP contribution >= 0.6 is 0 Å². The Bertz CT molecular complexity index is 440. The van der Waals surface area contributed by atoms with Gasteiger partial charge in [0.05, 0.1) is 26.2 Å². The van der Waals surface area contributed by atoms with E-state index in [1.807, 2.05) is 0 Å². The lowest BCUT2D eigenvalue weighted by Crippen LogP contribution is -2.36. The molecule has 3 rings (SSSR count). The van der Waals surface area contributed by atoms with E-state index in [0.717, 1.165) is 26.3 Å². The largest absolute Gasteiger partial charge is 0.465 e. The summed E-state index contributed by atoms with van der Waals surface area (Å²) in [6.45, 7) is 3.96. The minimum Gasteiger partial charge on any atom is -0.465 e. The summed E-state index contributed by atoms with van der Waals surface area (Å²) in [7, 11) is 0. The van der Waals surface area contributed by atoms with Crippen molar-refractivity contribution < 1.29 is 14.3 Å². The number of carbonyl (C=O) groups excluding carboxylic acids is 1. The summed E-state index contributed by atoms with van der Waals surface area (Å²) in [5.74, 6) is 0.135. The zero-order chi connectivity index (χ0) is 12.4. The Hall–Kier alpha value is -1.55. The molecule has 0 amide bonds. The fourth-order valence-electron chi connectivity index (χ4n) is 2.52. The number of nitrogens with zero attached hydrogens (tertiary/aromatic N) is 1. The topological polar surface area (TPSA) is 38.8 Å². The number of esters is 1. The van der Waals surface area contributed by atoms with Crippen molar-refractivity contribution in [1.29, 1.82) is 0 Å². The van der Waals surface area contributed by atoms with Crippen molar-refractivity contribution >= 4 is 11.7 Å². The van der Waals surface area contributed by atoms with Crippen molar-refractivity contribution in [3.63, 3.8) is 0 Å². The number of carbonyl (C=O) groups is 1. The Labute approximate surface area is 106 Å². The molecule has 1 atom stereocenters. The molecule has 1 aromatic rings. The molecule has 1 aromatic carbocycles. The first-order chi connectivity index (χ1) is 8.83. The van der Waals surface area contributed by atoms with Crippen LogP contribution in [-0.4, -0.2) is 38.9 Å². The lowest BCUT2D eigenvalue weighted by atomic mass is 9.98. The fourth-order valence-corrected chi connectivity index (χ4v) is 2.52. The highest BCUT2D eigenvalue weighted by Crippen LogP contribution is 2.29. The Balaban J connectivity index is 1.78. The van der Waals surface area contributed by atoms with Crippen LogP contribution in [-0.2, 0) is 14.3 Å². The second-order valence-corrected chi connectivity index (χ2v) is 4.78. The van der Waals surface area contributed by atoms with E-state index in [1.54, 1.807) is 0 Å². The molecule has 0 bridgehead atoms. The van der Waals surface area contributed by atoms with Crippen molar-refractivity contribution in [2.24, 2.45) is 0 Å². The van der Waals surface area contributed by atoms with Gasteiger partial charge in [0, 0.05) is 24.7 Å². The summed E-state index contributed by atoms with van der Waals surface area (Å²) in [5, 5.41) is 0. The molecule has 2 aliphatic heterocycles. The molecule has 4 nitrogen and oxygen atoms in total. The lowest BCUT2D eigenvalue weighted by Gasteiger charge is -2.29. The molecule has 96 valence electrons. The Morgan fingerprint density at radius 3 is 2.78 bits per heavy atom. The van der Waals surface area contributed by atoms with Gasteiger partial charge in [0.2, 0.25) is 0 Å². The zero-order valence-corrected chi connectivity index (χ0v) is 10.3. The third-order valence-electron chi connectivity index (χ3n) is 3.58. The first kappa shape index (κ1) is 11.5. The van der Waals surface area contributed by atoms with Crippen molar-refractivity contribution in [3.8, 4) is 0 Å². The Kier molecular flexibility index (Phi) is 3.19. The van der Waals surface area contributed by atoms with Gasteiger partial charge in [0.25, 0.3) is 0 Å². The van der Waals surface area contributed by atoms with Crippen LogP contribution in [0.25, 0.3) is 0 Å². The molecule has 0 saturated carbocycles. The summed E-state index contributed by atoms with van der Waals surface area (Å²) in [6, 6.07) is 8.43. The maximum absolute atomic E-state index is 11.2. The van der Waals surface area contributed by atoms with Crippen molar-refractivity contribution in [2.45, 2.75) is 12.3 Å². The minimum atomic E-state index is -0.0863. The van der Waals surface area contributed by atoms with Crippen LogP contribution in [0.2, 0.25) is 0 Å². The van der Waals surface area contributed by atoms with E-state index in [-0.39, 0.29) is 11.9 Å². The highest BCUT2D eigenvalue weighted by Gasteiger charge is 2.25. The van der Waals surface area contributed by atoms with Crippen molar-refractivity contribution in [2.75, 3.05) is 37.8 Å². The molecule has 0 radical (unpaired) electrons. The van der Waals surface area contributed by atoms with Crippen molar-refractivity contribution in [3.05, 3.63) is 29.8 Å². The molecule has 18 heavy (non-hydrogen) atoms. The molecule has 2 aliphatic rings. The van der Waals surface area contributed by atoms with Gasteiger partial charge in [-0.3, -0.25) is 4.79 Å². The third-order valence-corrected chi connectivity index (χ3v) is 3.58. The maximum Gasteiger partial charge on any atom is 0.306 e. The van der Waals surface area contributed by atoms with Crippen LogP contribution in [0.1, 0.15) is 17.9 Å². The van der Waals surface area contributed by atoms with E-state index in [4.69, 9.17) is 9.47 Å². The second kappa shape index (κ2) is 4.98. The van der Waals surface area contributed by atoms with Gasteiger partial charge in [-0.05, 0) is 17.7 Å². The molecule has 0 N–H and O–H groups in total. The maximum atomic E-state index is 11.2. The number of benzene rings is 1. The number of rotatable bonds is 2. The van der Waals surface area contributed by atoms with E-state index in [2.05, 4.69) is 29.2 Å². The number of hydrogen-bond donors (Lipinski definition) is 0. The van der Waals surface area contributed by atoms with Gasteiger partial charge in [-0.25, -0.2) is 0 Å². The van der Waals surface area contributed by atoms with Crippen LogP contribution in [0.15, 0.2) is 24.3 Å². The summed E-state index contributed by atoms with van der Waals surface area (Å²) in [4.78, 5) is 13.5. The zero-order valence-electron chi connectivity index (χ0n) is 10.3. The van der Waals surface area contributed by atoms with Gasteiger partial charge < -0.3 is 14.4 Å². The monoisotopic (exact) mass is 247 g/mol. The summed E-state index contributed by atoms with van der Waals surface area (Å²) in [5.41, 5.74) is 2.42. The molecule has 2 saturated heterocycles. The molecular weight excluding hydrogens is 230 g/mol. The fraction of sp³-hybridized carbons (Fsp3) is 0.500. The van der Waals surface area contributed by atoms with Gasteiger partial charge >= 0.3 is 5.97 Å². The molecule has 0 spiro atoms. The normalized spacial score (nSPS) is 24.1. The molecule has 0 unspecified atom stereocenters. The number of cyclic esters (lactones) is 1. The molecule has 2 fully saturated rings. The van der Waals surface area contributed by atoms with E-state index in [1.165, 1.54) is 11.3 Å². The van der Waals surface area contributed by atoms with Gasteiger partial charge in [0.15, 0.2) is 0 Å². The number of anilines is 1. The predicted molar refractivity (Wildman–Crippen MR) is 67.8 cm³/mol. The quantitative estimate of drug-likeness (QED) is 0.743. The van der Waals surface area contributed by atoms with E-state index in [0.29, 0.717) is 13.0 Å².